The van der Waals surface area contributed by atoms with Crippen LogP contribution >= 0.6 is 0 Å². The van der Waals surface area contributed by atoms with Gasteiger partial charge in [-0.3, -0.25) is 9.80 Å². The molecule has 0 aromatic heterocycles. The molecule has 13 heavy (non-hydrogen) atoms. The maximum atomic E-state index is 11.4. The van der Waals surface area contributed by atoms with Crippen LogP contribution in [0.1, 0.15) is 26.7 Å². The van der Waals surface area contributed by atoms with E-state index in [1.54, 1.807) is 5.01 Å². The second kappa shape index (κ2) is 4.58. The molecule has 0 bridgehead atoms. The van der Waals surface area contributed by atoms with Gasteiger partial charge in [-0.05, 0) is 20.3 Å². The summed E-state index contributed by atoms with van der Waals surface area (Å²) >= 11 is 0. The first-order valence-corrected chi connectivity index (χ1v) is 4.84. The minimum absolute atomic E-state index is 0.149. The lowest BCUT2D eigenvalue weighted by atomic mass is 10.4. The molecule has 0 atom stereocenters. The van der Waals surface area contributed by atoms with Crippen molar-refractivity contribution in [1.29, 1.82) is 0 Å². The Morgan fingerprint density at radius 2 is 2.23 bits per heavy atom. The molecule has 1 aliphatic heterocycles. The van der Waals surface area contributed by atoms with Gasteiger partial charge in [0.15, 0.2) is 0 Å². The summed E-state index contributed by atoms with van der Waals surface area (Å²) in [6.07, 6.45) is 1.28. The Morgan fingerprint density at radius 1 is 1.54 bits per heavy atom. The zero-order chi connectivity index (χ0) is 9.84. The molecule has 0 spiro atoms. The van der Waals surface area contributed by atoms with Gasteiger partial charge in [0.25, 0.3) is 0 Å². The van der Waals surface area contributed by atoms with E-state index in [0.717, 1.165) is 6.54 Å². The summed E-state index contributed by atoms with van der Waals surface area (Å²) < 4.78 is 0. The highest BCUT2D eigenvalue weighted by Gasteiger charge is 2.29. The molecule has 0 aliphatic carbocycles. The van der Waals surface area contributed by atoms with Crippen molar-refractivity contribution in [2.75, 3.05) is 19.7 Å². The fourth-order valence-electron chi connectivity index (χ4n) is 1.61. The lowest BCUT2D eigenvalue weighted by Crippen LogP contribution is -2.43. The summed E-state index contributed by atoms with van der Waals surface area (Å²) in [5, 5.41) is 12.5. The van der Waals surface area contributed by atoms with E-state index in [4.69, 9.17) is 5.11 Å². The molecule has 4 nitrogen and oxygen atoms in total. The molecule has 1 aliphatic rings. The van der Waals surface area contributed by atoms with Gasteiger partial charge < -0.3 is 5.11 Å². The molecule has 1 amide bonds. The van der Waals surface area contributed by atoms with E-state index < -0.39 is 0 Å². The summed E-state index contributed by atoms with van der Waals surface area (Å²) in [5.74, 6) is 0.183. The van der Waals surface area contributed by atoms with Crippen LogP contribution in [0.25, 0.3) is 0 Å². The maximum Gasteiger partial charge on any atom is 0.238 e. The first-order chi connectivity index (χ1) is 6.16. The Morgan fingerprint density at radius 3 is 2.77 bits per heavy atom. The van der Waals surface area contributed by atoms with Crippen LogP contribution < -0.4 is 0 Å². The van der Waals surface area contributed by atoms with Crippen LogP contribution in [-0.2, 0) is 4.79 Å². The third-order valence-electron chi connectivity index (χ3n) is 2.28. The van der Waals surface area contributed by atoms with Crippen LogP contribution in [0.5, 0.6) is 0 Å². The van der Waals surface area contributed by atoms with Crippen LogP contribution in [0.4, 0.5) is 0 Å². The number of carbonyl (C=O) groups is 1. The van der Waals surface area contributed by atoms with E-state index in [9.17, 15) is 4.79 Å². The van der Waals surface area contributed by atoms with Gasteiger partial charge in [0.1, 0.15) is 0 Å². The SMILES string of the molecule is CC(C)N1CCC(=O)N1CCCO. The van der Waals surface area contributed by atoms with Gasteiger partial charge in [-0.25, -0.2) is 5.01 Å². The number of aliphatic hydroxyl groups excluding tert-OH is 1. The minimum Gasteiger partial charge on any atom is -0.396 e. The fourth-order valence-corrected chi connectivity index (χ4v) is 1.61. The molecule has 76 valence electrons. The number of amides is 1. The molecule has 1 rings (SSSR count). The van der Waals surface area contributed by atoms with Gasteiger partial charge in [-0.2, -0.15) is 0 Å². The molecule has 0 unspecified atom stereocenters. The van der Waals surface area contributed by atoms with Crippen molar-refractivity contribution in [1.82, 2.24) is 10.0 Å². The highest BCUT2D eigenvalue weighted by Crippen LogP contribution is 2.15. The topological polar surface area (TPSA) is 43.8 Å². The zero-order valence-corrected chi connectivity index (χ0v) is 8.36. The first kappa shape index (κ1) is 10.5. The van der Waals surface area contributed by atoms with Gasteiger partial charge in [-0.15, -0.1) is 0 Å². The van der Waals surface area contributed by atoms with Crippen molar-refractivity contribution in [3.05, 3.63) is 0 Å². The maximum absolute atomic E-state index is 11.4. The summed E-state index contributed by atoms with van der Waals surface area (Å²) in [6, 6.07) is 0.366. The minimum atomic E-state index is 0.149. The molecule has 0 saturated carbocycles. The smallest absolute Gasteiger partial charge is 0.238 e. The van der Waals surface area contributed by atoms with Crippen LogP contribution in [0.15, 0.2) is 0 Å². The van der Waals surface area contributed by atoms with E-state index in [-0.39, 0.29) is 12.5 Å². The first-order valence-electron chi connectivity index (χ1n) is 4.84. The molecule has 1 heterocycles. The predicted octanol–water partition coefficient (Wildman–Crippen LogP) is 0.226. The van der Waals surface area contributed by atoms with Crippen LogP contribution in [0, 0.1) is 0 Å². The number of hydrazine groups is 1. The molecule has 1 N–H and O–H groups in total. The average molecular weight is 186 g/mol. The second-order valence-corrected chi connectivity index (χ2v) is 3.60. The van der Waals surface area contributed by atoms with Gasteiger partial charge in [-0.1, -0.05) is 0 Å². The Balaban J connectivity index is 2.50. The van der Waals surface area contributed by atoms with Crippen molar-refractivity contribution in [3.63, 3.8) is 0 Å². The van der Waals surface area contributed by atoms with Crippen molar-refractivity contribution >= 4 is 5.91 Å². The van der Waals surface area contributed by atoms with E-state index in [1.807, 2.05) is 0 Å². The summed E-state index contributed by atoms with van der Waals surface area (Å²) in [7, 11) is 0. The zero-order valence-electron chi connectivity index (χ0n) is 8.36. The number of hydrogen-bond donors (Lipinski definition) is 1. The van der Waals surface area contributed by atoms with E-state index in [0.29, 0.717) is 25.4 Å². The van der Waals surface area contributed by atoms with Gasteiger partial charge in [0, 0.05) is 32.2 Å². The van der Waals surface area contributed by atoms with E-state index >= 15 is 0 Å². The number of hydrogen-bond acceptors (Lipinski definition) is 3. The molecule has 1 saturated heterocycles. The van der Waals surface area contributed by atoms with Gasteiger partial charge in [0.2, 0.25) is 5.91 Å². The third kappa shape index (κ3) is 2.42. The lowest BCUT2D eigenvalue weighted by Gasteiger charge is -2.30. The van der Waals surface area contributed by atoms with E-state index in [1.165, 1.54) is 0 Å². The molecular weight excluding hydrogens is 168 g/mol. The summed E-state index contributed by atoms with van der Waals surface area (Å²) in [4.78, 5) is 11.4. The monoisotopic (exact) mass is 186 g/mol. The van der Waals surface area contributed by atoms with Crippen molar-refractivity contribution < 1.29 is 9.90 Å². The standard InChI is InChI=1S/C9H18N2O2/c1-8(2)10-6-4-9(13)11(10)5-3-7-12/h8,12H,3-7H2,1-2H3. The van der Waals surface area contributed by atoms with Gasteiger partial charge in [0.05, 0.1) is 0 Å². The Labute approximate surface area is 79.1 Å². The molecule has 0 aromatic carbocycles. The summed E-state index contributed by atoms with van der Waals surface area (Å²) in [6.45, 7) is 5.76. The average Bonchev–Trinajstić information content (AvgIpc) is 2.43. The molecule has 1 fully saturated rings. The lowest BCUT2D eigenvalue weighted by molar-refractivity contribution is -0.140. The normalized spacial score (nSPS) is 19.1. The molecule has 0 aromatic rings. The highest BCUT2D eigenvalue weighted by molar-refractivity contribution is 5.77. The van der Waals surface area contributed by atoms with Crippen LogP contribution in [0.3, 0.4) is 0 Å². The van der Waals surface area contributed by atoms with Crippen molar-refractivity contribution in [2.45, 2.75) is 32.7 Å². The van der Waals surface area contributed by atoms with Gasteiger partial charge >= 0.3 is 0 Å². The van der Waals surface area contributed by atoms with Crippen LogP contribution in [-0.4, -0.2) is 46.8 Å². The number of carbonyl (C=O) groups excluding carboxylic acids is 1. The Bertz CT molecular complexity index is 182. The highest BCUT2D eigenvalue weighted by atomic mass is 16.3. The van der Waals surface area contributed by atoms with Crippen molar-refractivity contribution in [2.24, 2.45) is 0 Å². The number of rotatable bonds is 4. The largest absolute Gasteiger partial charge is 0.396 e. The number of nitrogens with zero attached hydrogens (tertiary/aromatic N) is 2. The van der Waals surface area contributed by atoms with Crippen molar-refractivity contribution in [3.8, 4) is 0 Å². The van der Waals surface area contributed by atoms with Crippen LogP contribution in [0.2, 0.25) is 0 Å². The van der Waals surface area contributed by atoms with E-state index in [2.05, 4.69) is 18.9 Å². The Kier molecular flexibility index (Phi) is 3.69. The second-order valence-electron chi connectivity index (χ2n) is 3.60. The molecule has 0 radical (unpaired) electrons. The molecule has 4 heteroatoms. The third-order valence-corrected chi connectivity index (χ3v) is 2.28. The quantitative estimate of drug-likeness (QED) is 0.683. The fraction of sp³-hybridized carbons (Fsp3) is 0.889. The summed E-state index contributed by atoms with van der Waals surface area (Å²) in [5.41, 5.74) is 0. The Hall–Kier alpha value is -0.610. The number of aliphatic hydroxyl groups is 1. The predicted molar refractivity (Wildman–Crippen MR) is 49.9 cm³/mol. The molecular formula is C9H18N2O2.